The Balaban J connectivity index is 2.60. The van der Waals surface area contributed by atoms with Crippen LogP contribution in [0.5, 0.6) is 0 Å². The molecular weight excluding hydrogens is 242 g/mol. The summed E-state index contributed by atoms with van der Waals surface area (Å²) in [6.07, 6.45) is 0. The van der Waals surface area contributed by atoms with Crippen molar-refractivity contribution in [3.63, 3.8) is 0 Å². The summed E-state index contributed by atoms with van der Waals surface area (Å²) >= 11 is 0. The van der Waals surface area contributed by atoms with Crippen LogP contribution in [0.15, 0.2) is 18.2 Å². The summed E-state index contributed by atoms with van der Waals surface area (Å²) < 4.78 is 4.87. The van der Waals surface area contributed by atoms with Crippen molar-refractivity contribution in [1.29, 1.82) is 5.26 Å². The van der Waals surface area contributed by atoms with Crippen molar-refractivity contribution < 1.29 is 9.53 Å². The van der Waals surface area contributed by atoms with Gasteiger partial charge >= 0.3 is 0 Å². The molecule has 0 aliphatic carbocycles. The van der Waals surface area contributed by atoms with E-state index in [1.54, 1.807) is 13.2 Å². The summed E-state index contributed by atoms with van der Waals surface area (Å²) in [5.41, 5.74) is 2.55. The number of methoxy groups -OCH3 is 1. The number of hydrogen-bond acceptors (Lipinski definition) is 4. The third kappa shape index (κ3) is 4.60. The van der Waals surface area contributed by atoms with Crippen molar-refractivity contribution in [1.82, 2.24) is 5.32 Å². The lowest BCUT2D eigenvalue weighted by Gasteiger charge is -2.21. The number of rotatable bonds is 6. The number of benzene rings is 1. The molecule has 0 bridgehead atoms. The molecule has 102 valence electrons. The Hall–Kier alpha value is -2.06. The Kier molecular flexibility index (Phi) is 5.83. The zero-order valence-corrected chi connectivity index (χ0v) is 11.6. The molecule has 1 rings (SSSR count). The van der Waals surface area contributed by atoms with E-state index in [0.29, 0.717) is 18.7 Å². The van der Waals surface area contributed by atoms with Gasteiger partial charge in [-0.1, -0.05) is 0 Å². The maximum absolute atomic E-state index is 11.7. The van der Waals surface area contributed by atoms with E-state index in [4.69, 9.17) is 10.00 Å². The van der Waals surface area contributed by atoms with Gasteiger partial charge in [-0.25, -0.2) is 0 Å². The second-order valence-electron chi connectivity index (χ2n) is 4.31. The highest BCUT2D eigenvalue weighted by Crippen LogP contribution is 2.19. The SMILES string of the molecule is COCCNC(=O)CN(C)c1ccc(C#N)cc1C. The Labute approximate surface area is 113 Å². The van der Waals surface area contributed by atoms with Gasteiger partial charge in [-0.3, -0.25) is 4.79 Å². The summed E-state index contributed by atoms with van der Waals surface area (Å²) in [4.78, 5) is 13.5. The number of anilines is 1. The zero-order valence-electron chi connectivity index (χ0n) is 11.6. The van der Waals surface area contributed by atoms with Crippen molar-refractivity contribution in [3.05, 3.63) is 29.3 Å². The standard InChI is InChI=1S/C14H19N3O2/c1-11-8-12(9-15)4-5-13(11)17(2)10-14(18)16-6-7-19-3/h4-5,8H,6-7,10H2,1-3H3,(H,16,18). The molecule has 5 heteroatoms. The van der Waals surface area contributed by atoms with Crippen molar-refractivity contribution in [3.8, 4) is 6.07 Å². The van der Waals surface area contributed by atoms with E-state index in [2.05, 4.69) is 11.4 Å². The Morgan fingerprint density at radius 2 is 2.26 bits per heavy atom. The Bertz CT molecular complexity index is 480. The van der Waals surface area contributed by atoms with Gasteiger partial charge in [-0.2, -0.15) is 5.26 Å². The van der Waals surface area contributed by atoms with Crippen LogP contribution in [0.1, 0.15) is 11.1 Å². The molecular formula is C14H19N3O2. The van der Waals surface area contributed by atoms with E-state index in [0.717, 1.165) is 11.3 Å². The number of ether oxygens (including phenoxy) is 1. The maximum atomic E-state index is 11.7. The highest BCUT2D eigenvalue weighted by atomic mass is 16.5. The normalized spacial score (nSPS) is 9.79. The zero-order chi connectivity index (χ0) is 14.3. The maximum Gasteiger partial charge on any atom is 0.239 e. The minimum atomic E-state index is -0.0525. The second kappa shape index (κ2) is 7.39. The van der Waals surface area contributed by atoms with E-state index in [1.165, 1.54) is 0 Å². The van der Waals surface area contributed by atoms with Crippen molar-refractivity contribution >= 4 is 11.6 Å². The molecule has 0 saturated heterocycles. The largest absolute Gasteiger partial charge is 0.383 e. The minimum absolute atomic E-state index is 0.0525. The van der Waals surface area contributed by atoms with E-state index in [-0.39, 0.29) is 12.5 Å². The highest BCUT2D eigenvalue weighted by Gasteiger charge is 2.09. The Morgan fingerprint density at radius 3 is 2.84 bits per heavy atom. The van der Waals surface area contributed by atoms with Crippen molar-refractivity contribution in [2.45, 2.75) is 6.92 Å². The van der Waals surface area contributed by atoms with E-state index < -0.39 is 0 Å². The topological polar surface area (TPSA) is 65.4 Å². The first-order chi connectivity index (χ1) is 9.08. The van der Waals surface area contributed by atoms with Gasteiger partial charge in [0.1, 0.15) is 0 Å². The summed E-state index contributed by atoms with van der Waals surface area (Å²) in [6.45, 7) is 3.22. The molecule has 1 aromatic carbocycles. The highest BCUT2D eigenvalue weighted by molar-refractivity contribution is 5.81. The molecule has 1 aromatic rings. The van der Waals surface area contributed by atoms with Gasteiger partial charge in [-0.15, -0.1) is 0 Å². The van der Waals surface area contributed by atoms with Gasteiger partial charge in [0.2, 0.25) is 5.91 Å². The average molecular weight is 261 g/mol. The molecule has 1 N–H and O–H groups in total. The van der Waals surface area contributed by atoms with Gasteiger partial charge in [0, 0.05) is 26.4 Å². The molecule has 0 saturated carbocycles. The molecule has 0 spiro atoms. The van der Waals surface area contributed by atoms with Crippen LogP contribution < -0.4 is 10.2 Å². The van der Waals surface area contributed by atoms with E-state index >= 15 is 0 Å². The van der Waals surface area contributed by atoms with Crippen LogP contribution in [0, 0.1) is 18.3 Å². The van der Waals surface area contributed by atoms with Crippen LogP contribution in [0.4, 0.5) is 5.69 Å². The van der Waals surface area contributed by atoms with Gasteiger partial charge < -0.3 is 15.0 Å². The number of nitrogens with one attached hydrogen (secondary N) is 1. The number of nitriles is 1. The lowest BCUT2D eigenvalue weighted by molar-refractivity contribution is -0.119. The van der Waals surface area contributed by atoms with Crippen LogP contribution in [-0.4, -0.2) is 39.8 Å². The molecule has 0 aliphatic rings. The smallest absolute Gasteiger partial charge is 0.239 e. The molecule has 5 nitrogen and oxygen atoms in total. The number of nitrogens with zero attached hydrogens (tertiary/aromatic N) is 2. The second-order valence-corrected chi connectivity index (χ2v) is 4.31. The summed E-state index contributed by atoms with van der Waals surface area (Å²) in [5, 5.41) is 11.6. The number of amides is 1. The molecule has 19 heavy (non-hydrogen) atoms. The van der Waals surface area contributed by atoms with Crippen molar-refractivity contribution in [2.24, 2.45) is 0 Å². The van der Waals surface area contributed by atoms with Crippen LogP contribution in [0.3, 0.4) is 0 Å². The molecule has 0 unspecified atom stereocenters. The molecule has 1 amide bonds. The molecule has 0 atom stereocenters. The predicted molar refractivity (Wildman–Crippen MR) is 74.0 cm³/mol. The van der Waals surface area contributed by atoms with E-state index in [9.17, 15) is 4.79 Å². The lowest BCUT2D eigenvalue weighted by Crippen LogP contribution is -2.36. The van der Waals surface area contributed by atoms with Gasteiger partial charge in [0.05, 0.1) is 24.8 Å². The fourth-order valence-electron chi connectivity index (χ4n) is 1.80. The molecule has 0 aromatic heterocycles. The Morgan fingerprint density at radius 1 is 1.53 bits per heavy atom. The first-order valence-corrected chi connectivity index (χ1v) is 6.06. The first-order valence-electron chi connectivity index (χ1n) is 6.06. The van der Waals surface area contributed by atoms with Crippen LogP contribution >= 0.6 is 0 Å². The third-order valence-electron chi connectivity index (χ3n) is 2.75. The average Bonchev–Trinajstić information content (AvgIpc) is 2.38. The molecule has 0 radical (unpaired) electrons. The fraction of sp³-hybridized carbons (Fsp3) is 0.429. The third-order valence-corrected chi connectivity index (χ3v) is 2.75. The lowest BCUT2D eigenvalue weighted by atomic mass is 10.1. The number of aryl methyl sites for hydroxylation is 1. The summed E-state index contributed by atoms with van der Waals surface area (Å²) in [5.74, 6) is -0.0525. The minimum Gasteiger partial charge on any atom is -0.383 e. The van der Waals surface area contributed by atoms with E-state index in [1.807, 2.05) is 31.0 Å². The van der Waals surface area contributed by atoms with Crippen molar-refractivity contribution in [2.75, 3.05) is 38.8 Å². The monoisotopic (exact) mass is 261 g/mol. The number of hydrogen-bond donors (Lipinski definition) is 1. The molecule has 0 fully saturated rings. The first kappa shape index (κ1) is 15.0. The number of carbonyl (C=O) groups excluding carboxylic acids is 1. The molecule has 0 aliphatic heterocycles. The van der Waals surface area contributed by atoms with Gasteiger partial charge in [0.25, 0.3) is 0 Å². The number of carbonyl (C=O) groups is 1. The van der Waals surface area contributed by atoms with Gasteiger partial charge in [-0.05, 0) is 30.7 Å². The number of likely N-dealkylation sites (N-methyl/N-ethyl adjacent to an activating group) is 1. The molecule has 0 heterocycles. The quantitative estimate of drug-likeness (QED) is 0.778. The van der Waals surface area contributed by atoms with Crippen LogP contribution in [0.2, 0.25) is 0 Å². The van der Waals surface area contributed by atoms with Gasteiger partial charge in [0.15, 0.2) is 0 Å². The fourth-order valence-corrected chi connectivity index (χ4v) is 1.80. The summed E-state index contributed by atoms with van der Waals surface area (Å²) in [7, 11) is 3.45. The van der Waals surface area contributed by atoms with Crippen LogP contribution in [0.25, 0.3) is 0 Å². The summed E-state index contributed by atoms with van der Waals surface area (Å²) in [6, 6.07) is 7.52. The predicted octanol–water partition coefficient (Wildman–Crippen LogP) is 1.07. The van der Waals surface area contributed by atoms with Crippen LogP contribution in [-0.2, 0) is 9.53 Å².